The van der Waals surface area contributed by atoms with Gasteiger partial charge in [-0.2, -0.15) is 10.1 Å². The van der Waals surface area contributed by atoms with Gasteiger partial charge in [0, 0.05) is 22.7 Å². The van der Waals surface area contributed by atoms with Crippen molar-refractivity contribution in [2.24, 2.45) is 0 Å². The van der Waals surface area contributed by atoms with Crippen LogP contribution >= 0.6 is 0 Å². The van der Waals surface area contributed by atoms with E-state index in [-0.39, 0.29) is 6.04 Å². The van der Waals surface area contributed by atoms with Gasteiger partial charge in [0.15, 0.2) is 0 Å². The molecule has 0 saturated heterocycles. The SMILES string of the molecule is CC#Cc1ccc(C(=O)OC)c2c1cnn2[C@H](C)c1ccc(-c2ccnc(OC)n2)cc1. The summed E-state index contributed by atoms with van der Waals surface area (Å²) in [5.41, 5.74) is 4.73. The summed E-state index contributed by atoms with van der Waals surface area (Å²) in [5, 5.41) is 5.42. The van der Waals surface area contributed by atoms with Crippen LogP contribution in [0.5, 0.6) is 6.01 Å². The fourth-order valence-electron chi connectivity index (χ4n) is 3.65. The monoisotopic (exact) mass is 426 g/mol. The van der Waals surface area contributed by atoms with Crippen LogP contribution in [-0.2, 0) is 4.74 Å². The summed E-state index contributed by atoms with van der Waals surface area (Å²) in [7, 11) is 2.91. The van der Waals surface area contributed by atoms with Crippen LogP contribution in [0.15, 0.2) is 54.9 Å². The summed E-state index contributed by atoms with van der Waals surface area (Å²) in [6.45, 7) is 3.82. The second-order valence-corrected chi connectivity index (χ2v) is 7.11. The molecule has 32 heavy (non-hydrogen) atoms. The predicted octanol–water partition coefficient (Wildman–Crippen LogP) is 4.27. The van der Waals surface area contributed by atoms with Crippen molar-refractivity contribution in [1.82, 2.24) is 19.7 Å². The molecule has 2 aromatic heterocycles. The first-order valence-corrected chi connectivity index (χ1v) is 10.1. The van der Waals surface area contributed by atoms with Gasteiger partial charge in [-0.25, -0.2) is 9.78 Å². The molecule has 0 radical (unpaired) electrons. The Balaban J connectivity index is 1.76. The number of fused-ring (bicyclic) bond motifs is 1. The fraction of sp³-hybridized carbons (Fsp3) is 0.200. The van der Waals surface area contributed by atoms with E-state index in [1.165, 1.54) is 7.11 Å². The molecule has 2 heterocycles. The standard InChI is InChI=1S/C25H22N4O3/c1-5-6-18-11-12-20(24(30)31-3)23-21(18)15-27-29(23)16(2)17-7-9-19(10-8-17)22-13-14-26-25(28-22)32-4/h7-16H,1-4H3/t16-/m1/s1. The number of ether oxygens (including phenoxy) is 2. The Bertz CT molecular complexity index is 1350. The zero-order chi connectivity index (χ0) is 22.7. The molecule has 0 N–H and O–H groups in total. The molecule has 2 aromatic carbocycles. The number of benzene rings is 2. The van der Waals surface area contributed by atoms with Crippen LogP contribution in [0.2, 0.25) is 0 Å². The van der Waals surface area contributed by atoms with Crippen LogP contribution in [0.4, 0.5) is 0 Å². The number of hydrogen-bond acceptors (Lipinski definition) is 6. The Morgan fingerprint density at radius 3 is 2.56 bits per heavy atom. The first kappa shape index (κ1) is 21.1. The number of rotatable bonds is 5. The van der Waals surface area contributed by atoms with E-state index in [0.717, 1.165) is 27.8 Å². The van der Waals surface area contributed by atoms with Crippen LogP contribution in [0, 0.1) is 11.8 Å². The summed E-state index contributed by atoms with van der Waals surface area (Å²) in [5.74, 6) is 5.59. The molecule has 1 atom stereocenters. The highest BCUT2D eigenvalue weighted by atomic mass is 16.5. The van der Waals surface area contributed by atoms with Crippen molar-refractivity contribution >= 4 is 16.9 Å². The summed E-state index contributed by atoms with van der Waals surface area (Å²) in [6, 6.07) is 13.6. The number of esters is 1. The second kappa shape index (κ2) is 8.90. The summed E-state index contributed by atoms with van der Waals surface area (Å²) < 4.78 is 12.0. The Labute approximate surface area is 186 Å². The molecule has 0 saturated carbocycles. The predicted molar refractivity (Wildman–Crippen MR) is 121 cm³/mol. The zero-order valence-corrected chi connectivity index (χ0v) is 18.3. The molecule has 4 rings (SSSR count). The largest absolute Gasteiger partial charge is 0.467 e. The lowest BCUT2D eigenvalue weighted by atomic mass is 10.0. The number of aromatic nitrogens is 4. The van der Waals surface area contributed by atoms with Gasteiger partial charge in [-0.1, -0.05) is 30.2 Å². The van der Waals surface area contributed by atoms with Gasteiger partial charge in [0.1, 0.15) is 0 Å². The smallest absolute Gasteiger partial charge is 0.340 e. The molecule has 0 aliphatic rings. The fourth-order valence-corrected chi connectivity index (χ4v) is 3.65. The molecule has 4 aromatic rings. The highest BCUT2D eigenvalue weighted by Crippen LogP contribution is 2.29. The first-order chi connectivity index (χ1) is 15.6. The van der Waals surface area contributed by atoms with Crippen molar-refractivity contribution in [1.29, 1.82) is 0 Å². The van der Waals surface area contributed by atoms with Crippen molar-refractivity contribution in [3.63, 3.8) is 0 Å². The minimum Gasteiger partial charge on any atom is -0.467 e. The lowest BCUT2D eigenvalue weighted by Gasteiger charge is -2.16. The zero-order valence-electron chi connectivity index (χ0n) is 18.3. The van der Waals surface area contributed by atoms with E-state index in [2.05, 4.69) is 26.9 Å². The van der Waals surface area contributed by atoms with Crippen molar-refractivity contribution in [3.8, 4) is 29.1 Å². The molecular formula is C25H22N4O3. The molecule has 7 heteroatoms. The Morgan fingerprint density at radius 2 is 1.88 bits per heavy atom. The van der Waals surface area contributed by atoms with E-state index < -0.39 is 5.97 Å². The molecule has 0 bridgehead atoms. The van der Waals surface area contributed by atoms with E-state index in [1.54, 1.807) is 32.5 Å². The quantitative estimate of drug-likeness (QED) is 0.350. The number of hydrogen-bond donors (Lipinski definition) is 0. The van der Waals surface area contributed by atoms with E-state index in [9.17, 15) is 4.79 Å². The highest BCUT2D eigenvalue weighted by Gasteiger charge is 2.20. The summed E-state index contributed by atoms with van der Waals surface area (Å²) >= 11 is 0. The van der Waals surface area contributed by atoms with Gasteiger partial charge < -0.3 is 9.47 Å². The lowest BCUT2D eigenvalue weighted by molar-refractivity contribution is 0.0602. The molecule has 0 amide bonds. The average Bonchev–Trinajstić information content (AvgIpc) is 3.29. The molecule has 0 aliphatic carbocycles. The van der Waals surface area contributed by atoms with Gasteiger partial charge in [0.05, 0.1) is 43.2 Å². The van der Waals surface area contributed by atoms with Crippen LogP contribution in [0.25, 0.3) is 22.2 Å². The van der Waals surface area contributed by atoms with Gasteiger partial charge in [-0.3, -0.25) is 4.68 Å². The molecule has 160 valence electrons. The van der Waals surface area contributed by atoms with Gasteiger partial charge in [-0.15, -0.1) is 5.92 Å². The molecule has 0 spiro atoms. The van der Waals surface area contributed by atoms with E-state index in [1.807, 2.05) is 48.0 Å². The minimum absolute atomic E-state index is 0.130. The Morgan fingerprint density at radius 1 is 1.09 bits per heavy atom. The highest BCUT2D eigenvalue weighted by molar-refractivity contribution is 6.04. The van der Waals surface area contributed by atoms with Crippen molar-refractivity contribution in [3.05, 3.63) is 71.5 Å². The number of nitrogens with zero attached hydrogens (tertiary/aromatic N) is 4. The third-order valence-electron chi connectivity index (χ3n) is 5.29. The average molecular weight is 426 g/mol. The maximum Gasteiger partial charge on any atom is 0.340 e. The summed E-state index contributed by atoms with van der Waals surface area (Å²) in [4.78, 5) is 20.9. The summed E-state index contributed by atoms with van der Waals surface area (Å²) in [6.07, 6.45) is 3.41. The van der Waals surface area contributed by atoms with Crippen molar-refractivity contribution in [2.75, 3.05) is 14.2 Å². The van der Waals surface area contributed by atoms with E-state index >= 15 is 0 Å². The Kier molecular flexibility index (Phi) is 5.86. The molecule has 0 aliphatic heterocycles. The topological polar surface area (TPSA) is 79.1 Å². The normalized spacial score (nSPS) is 11.5. The lowest BCUT2D eigenvalue weighted by Crippen LogP contribution is -2.12. The van der Waals surface area contributed by atoms with E-state index in [4.69, 9.17) is 9.47 Å². The maximum atomic E-state index is 12.4. The second-order valence-electron chi connectivity index (χ2n) is 7.11. The molecule has 7 nitrogen and oxygen atoms in total. The maximum absolute atomic E-state index is 12.4. The third-order valence-corrected chi connectivity index (χ3v) is 5.29. The van der Waals surface area contributed by atoms with Crippen molar-refractivity contribution < 1.29 is 14.3 Å². The van der Waals surface area contributed by atoms with Crippen LogP contribution < -0.4 is 4.74 Å². The molecular weight excluding hydrogens is 404 g/mol. The van der Waals surface area contributed by atoms with E-state index in [0.29, 0.717) is 17.1 Å². The minimum atomic E-state index is -0.409. The third kappa shape index (κ3) is 3.79. The Hall–Kier alpha value is -4.18. The molecule has 0 unspecified atom stereocenters. The van der Waals surface area contributed by atoms with Gasteiger partial charge in [0.25, 0.3) is 0 Å². The first-order valence-electron chi connectivity index (χ1n) is 10.1. The van der Waals surface area contributed by atoms with Gasteiger partial charge in [-0.05, 0) is 37.6 Å². The number of carbonyl (C=O) groups excluding carboxylic acids is 1. The van der Waals surface area contributed by atoms with Gasteiger partial charge >= 0.3 is 12.0 Å². The number of methoxy groups -OCH3 is 2. The van der Waals surface area contributed by atoms with Crippen LogP contribution in [0.3, 0.4) is 0 Å². The van der Waals surface area contributed by atoms with Crippen LogP contribution in [0.1, 0.15) is 41.4 Å². The molecule has 0 fully saturated rings. The number of carbonyl (C=O) groups is 1. The van der Waals surface area contributed by atoms with Crippen molar-refractivity contribution in [2.45, 2.75) is 19.9 Å². The van der Waals surface area contributed by atoms with Crippen LogP contribution in [-0.4, -0.2) is 39.9 Å². The van der Waals surface area contributed by atoms with Gasteiger partial charge in [0.2, 0.25) is 0 Å².